The maximum absolute atomic E-state index is 12.4. The molecule has 0 aromatic heterocycles. The van der Waals surface area contributed by atoms with Crippen LogP contribution in [0.3, 0.4) is 0 Å². The molecule has 3 unspecified atom stereocenters. The van der Waals surface area contributed by atoms with Gasteiger partial charge >= 0.3 is 5.97 Å². The Morgan fingerprint density at radius 3 is 2.12 bits per heavy atom. The van der Waals surface area contributed by atoms with Gasteiger partial charge in [-0.05, 0) is 30.8 Å². The van der Waals surface area contributed by atoms with Gasteiger partial charge in [0.15, 0.2) is 0 Å². The Labute approximate surface area is 151 Å². The fourth-order valence-electron chi connectivity index (χ4n) is 1.98. The summed E-state index contributed by atoms with van der Waals surface area (Å²) in [5.41, 5.74) is 10.9. The average molecular weight is 376 g/mol. The molecule has 3 atom stereocenters. The van der Waals surface area contributed by atoms with Crippen molar-refractivity contribution in [2.75, 3.05) is 12.0 Å². The van der Waals surface area contributed by atoms with Crippen molar-refractivity contribution in [3.63, 3.8) is 0 Å². The molecule has 0 spiro atoms. The van der Waals surface area contributed by atoms with E-state index in [9.17, 15) is 19.2 Å². The second-order valence-electron chi connectivity index (χ2n) is 6.02. The lowest BCUT2D eigenvalue weighted by molar-refractivity contribution is -0.143. The molecule has 0 heterocycles. The van der Waals surface area contributed by atoms with Crippen LogP contribution >= 0.6 is 11.8 Å². The summed E-state index contributed by atoms with van der Waals surface area (Å²) in [5, 5.41) is 14.0. The summed E-state index contributed by atoms with van der Waals surface area (Å²) >= 11 is 1.54. The van der Waals surface area contributed by atoms with Gasteiger partial charge in [0.05, 0.1) is 6.04 Å². The van der Waals surface area contributed by atoms with E-state index in [-0.39, 0.29) is 18.8 Å². The first-order chi connectivity index (χ1) is 11.6. The minimum Gasteiger partial charge on any atom is -0.480 e. The van der Waals surface area contributed by atoms with E-state index in [4.69, 9.17) is 16.6 Å². The first-order valence-electron chi connectivity index (χ1n) is 7.96. The number of carboxylic acid groups (broad SMARTS) is 1. The van der Waals surface area contributed by atoms with E-state index in [0.29, 0.717) is 12.2 Å². The topological polar surface area (TPSA) is 165 Å². The Morgan fingerprint density at radius 1 is 1.08 bits per heavy atom. The van der Waals surface area contributed by atoms with Crippen molar-refractivity contribution < 1.29 is 24.3 Å². The molecule has 0 aliphatic heterocycles. The standard InChI is InChI=1S/C15H28N4O5S/c1-8(2)12(15(23)24)19-14(22)10(4-5-11(17)20)18-13(21)9(16)6-7-25-3/h8-10,12H,4-7,16H2,1-3H3,(H2,17,20)(H,18,21)(H,19,22)(H,23,24). The molecular weight excluding hydrogens is 348 g/mol. The molecule has 0 fully saturated rings. The zero-order chi connectivity index (χ0) is 19.6. The average Bonchev–Trinajstić information content (AvgIpc) is 2.52. The molecule has 7 N–H and O–H groups in total. The summed E-state index contributed by atoms with van der Waals surface area (Å²) in [6.07, 6.45) is 2.15. The molecule has 0 aliphatic carbocycles. The zero-order valence-electron chi connectivity index (χ0n) is 14.8. The summed E-state index contributed by atoms with van der Waals surface area (Å²) < 4.78 is 0. The highest BCUT2D eigenvalue weighted by molar-refractivity contribution is 7.98. The molecule has 0 rings (SSSR count). The Balaban J connectivity index is 5.01. The van der Waals surface area contributed by atoms with Gasteiger partial charge < -0.3 is 27.2 Å². The van der Waals surface area contributed by atoms with Crippen LogP contribution in [-0.2, 0) is 19.2 Å². The maximum atomic E-state index is 12.4. The number of carbonyl (C=O) groups excluding carboxylic acids is 3. The first-order valence-corrected chi connectivity index (χ1v) is 9.35. The number of primary amides is 1. The third kappa shape index (κ3) is 9.30. The predicted octanol–water partition coefficient (Wildman–Crippen LogP) is -0.957. The lowest BCUT2D eigenvalue weighted by Crippen LogP contribution is -2.55. The van der Waals surface area contributed by atoms with Crippen molar-refractivity contribution in [2.45, 2.75) is 51.2 Å². The van der Waals surface area contributed by atoms with E-state index in [0.717, 1.165) is 0 Å². The number of nitrogens with one attached hydrogen (secondary N) is 2. The normalized spacial score (nSPS) is 14.4. The van der Waals surface area contributed by atoms with Crippen molar-refractivity contribution in [1.82, 2.24) is 10.6 Å². The first kappa shape index (κ1) is 23.2. The number of hydrogen-bond donors (Lipinski definition) is 5. The van der Waals surface area contributed by atoms with Crippen molar-refractivity contribution in [1.29, 1.82) is 0 Å². The van der Waals surface area contributed by atoms with E-state index in [1.54, 1.807) is 13.8 Å². The van der Waals surface area contributed by atoms with Crippen LogP contribution in [-0.4, -0.2) is 58.9 Å². The van der Waals surface area contributed by atoms with Crippen LogP contribution in [0.15, 0.2) is 0 Å². The highest BCUT2D eigenvalue weighted by Crippen LogP contribution is 2.06. The SMILES string of the molecule is CSCCC(N)C(=O)NC(CCC(N)=O)C(=O)NC(C(=O)O)C(C)C. The number of hydrogen-bond acceptors (Lipinski definition) is 6. The Morgan fingerprint density at radius 2 is 1.68 bits per heavy atom. The van der Waals surface area contributed by atoms with Gasteiger partial charge in [0.25, 0.3) is 0 Å². The van der Waals surface area contributed by atoms with Crippen LogP contribution in [0.1, 0.15) is 33.1 Å². The van der Waals surface area contributed by atoms with E-state index in [1.807, 2.05) is 6.26 Å². The third-order valence-electron chi connectivity index (χ3n) is 3.51. The molecular formula is C15H28N4O5S. The molecule has 3 amide bonds. The molecule has 25 heavy (non-hydrogen) atoms. The lowest BCUT2D eigenvalue weighted by atomic mass is 10.0. The van der Waals surface area contributed by atoms with Gasteiger partial charge in [-0.25, -0.2) is 4.79 Å². The number of carboxylic acids is 1. The van der Waals surface area contributed by atoms with Crippen LogP contribution in [0.2, 0.25) is 0 Å². The van der Waals surface area contributed by atoms with E-state index in [2.05, 4.69) is 10.6 Å². The quantitative estimate of drug-likeness (QED) is 0.293. The van der Waals surface area contributed by atoms with Gasteiger partial charge in [-0.2, -0.15) is 11.8 Å². The molecule has 0 aromatic rings. The van der Waals surface area contributed by atoms with E-state index < -0.39 is 41.8 Å². The number of rotatable bonds is 12. The minimum atomic E-state index is -1.18. The number of nitrogens with two attached hydrogens (primary N) is 2. The predicted molar refractivity (Wildman–Crippen MR) is 95.7 cm³/mol. The van der Waals surface area contributed by atoms with Gasteiger partial charge in [0.1, 0.15) is 12.1 Å². The minimum absolute atomic E-state index is 0.0351. The van der Waals surface area contributed by atoms with Gasteiger partial charge in [-0.3, -0.25) is 14.4 Å². The van der Waals surface area contributed by atoms with Gasteiger partial charge in [-0.1, -0.05) is 13.8 Å². The van der Waals surface area contributed by atoms with Gasteiger partial charge in [0, 0.05) is 6.42 Å². The van der Waals surface area contributed by atoms with Crippen molar-refractivity contribution in [2.24, 2.45) is 17.4 Å². The maximum Gasteiger partial charge on any atom is 0.326 e. The van der Waals surface area contributed by atoms with Crippen LogP contribution < -0.4 is 22.1 Å². The second kappa shape index (κ2) is 11.7. The van der Waals surface area contributed by atoms with Crippen molar-refractivity contribution in [3.8, 4) is 0 Å². The number of thioether (sulfide) groups is 1. The molecule has 0 radical (unpaired) electrons. The Bertz CT molecular complexity index is 487. The third-order valence-corrected chi connectivity index (χ3v) is 4.16. The fourth-order valence-corrected chi connectivity index (χ4v) is 2.47. The molecule has 0 bridgehead atoms. The smallest absolute Gasteiger partial charge is 0.326 e. The highest BCUT2D eigenvalue weighted by Gasteiger charge is 2.29. The summed E-state index contributed by atoms with van der Waals surface area (Å²) in [7, 11) is 0. The molecule has 0 aliphatic rings. The van der Waals surface area contributed by atoms with Gasteiger partial charge in [0.2, 0.25) is 17.7 Å². The van der Waals surface area contributed by atoms with Crippen LogP contribution in [0, 0.1) is 5.92 Å². The Kier molecular flexibility index (Phi) is 10.8. The Hall–Kier alpha value is -1.81. The number of carbonyl (C=O) groups is 4. The summed E-state index contributed by atoms with van der Waals surface area (Å²) in [6, 6.07) is -2.98. The highest BCUT2D eigenvalue weighted by atomic mass is 32.2. The second-order valence-corrected chi connectivity index (χ2v) is 7.01. The number of amides is 3. The molecule has 0 saturated carbocycles. The van der Waals surface area contributed by atoms with Crippen LogP contribution in [0.5, 0.6) is 0 Å². The lowest BCUT2D eigenvalue weighted by Gasteiger charge is -2.24. The summed E-state index contributed by atoms with van der Waals surface area (Å²) in [6.45, 7) is 3.29. The molecule has 0 aromatic carbocycles. The van der Waals surface area contributed by atoms with Crippen molar-refractivity contribution in [3.05, 3.63) is 0 Å². The summed E-state index contributed by atoms with van der Waals surface area (Å²) in [5.74, 6) is -2.70. The largest absolute Gasteiger partial charge is 0.480 e. The zero-order valence-corrected chi connectivity index (χ0v) is 15.6. The van der Waals surface area contributed by atoms with E-state index >= 15 is 0 Å². The monoisotopic (exact) mass is 376 g/mol. The van der Waals surface area contributed by atoms with Crippen LogP contribution in [0.25, 0.3) is 0 Å². The number of aliphatic carboxylic acids is 1. The molecule has 10 heteroatoms. The molecule has 144 valence electrons. The van der Waals surface area contributed by atoms with Crippen molar-refractivity contribution >= 4 is 35.5 Å². The molecule has 0 saturated heterocycles. The molecule has 9 nitrogen and oxygen atoms in total. The van der Waals surface area contributed by atoms with E-state index in [1.165, 1.54) is 11.8 Å². The van der Waals surface area contributed by atoms with Crippen LogP contribution in [0.4, 0.5) is 0 Å². The fraction of sp³-hybridized carbons (Fsp3) is 0.733. The van der Waals surface area contributed by atoms with Gasteiger partial charge in [-0.15, -0.1) is 0 Å². The summed E-state index contributed by atoms with van der Waals surface area (Å²) in [4.78, 5) is 46.7.